The van der Waals surface area contributed by atoms with E-state index in [1.165, 1.54) is 10.4 Å². The van der Waals surface area contributed by atoms with Crippen LogP contribution in [0.15, 0.2) is 45.3 Å². The molecule has 0 aliphatic carbocycles. The van der Waals surface area contributed by atoms with Gasteiger partial charge in [-0.1, -0.05) is 22.0 Å². The van der Waals surface area contributed by atoms with E-state index >= 15 is 0 Å². The van der Waals surface area contributed by atoms with Gasteiger partial charge in [0.2, 0.25) is 10.0 Å². The van der Waals surface area contributed by atoms with Crippen LogP contribution in [0.4, 0.5) is 0 Å². The fraction of sp³-hybridized carbons (Fsp3) is 0.389. The molecule has 1 saturated heterocycles. The molecule has 0 saturated carbocycles. The summed E-state index contributed by atoms with van der Waals surface area (Å²) < 4.78 is 43.0. The molecule has 10 heteroatoms. The molecule has 1 amide bonds. The lowest BCUT2D eigenvalue weighted by Crippen LogP contribution is -2.43. The summed E-state index contributed by atoms with van der Waals surface area (Å²) in [6, 6.07) is 10.6. The number of nitrogens with one attached hydrogen (secondary N) is 1. The van der Waals surface area contributed by atoms with Crippen molar-refractivity contribution in [3.8, 4) is 5.75 Å². The van der Waals surface area contributed by atoms with Gasteiger partial charge in [0, 0.05) is 24.1 Å². The van der Waals surface area contributed by atoms with Crippen LogP contribution in [0.2, 0.25) is 0 Å². The van der Waals surface area contributed by atoms with Crippen LogP contribution in [0.25, 0.3) is 0 Å². The molecule has 28 heavy (non-hydrogen) atoms. The number of benzene rings is 1. The smallest absolute Gasteiger partial charge is 0.287 e. The van der Waals surface area contributed by atoms with E-state index in [2.05, 4.69) is 21.2 Å². The highest BCUT2D eigenvalue weighted by molar-refractivity contribution is 9.10. The quantitative estimate of drug-likeness (QED) is 0.630. The van der Waals surface area contributed by atoms with Gasteiger partial charge in [-0.05, 0) is 30.3 Å². The zero-order valence-electron chi connectivity index (χ0n) is 15.1. The summed E-state index contributed by atoms with van der Waals surface area (Å²) in [5.41, 5.74) is 0. The van der Waals surface area contributed by atoms with Crippen molar-refractivity contribution < 1.29 is 27.1 Å². The van der Waals surface area contributed by atoms with E-state index in [9.17, 15) is 13.2 Å². The number of hydrogen-bond acceptors (Lipinski definition) is 6. The highest BCUT2D eigenvalue weighted by atomic mass is 79.9. The largest absolute Gasteiger partial charge is 0.486 e. The SMILES string of the molecule is O=C(NCCS(=O)(=O)N1CCOCC1)c1ccc(COc2cccc(Br)c2)o1. The third-order valence-corrected chi connectivity index (χ3v) is 6.44. The third-order valence-electron chi connectivity index (χ3n) is 4.07. The first-order valence-corrected chi connectivity index (χ1v) is 11.1. The molecule has 3 rings (SSSR count). The highest BCUT2D eigenvalue weighted by Gasteiger charge is 2.24. The molecule has 0 atom stereocenters. The first-order valence-electron chi connectivity index (χ1n) is 8.75. The number of morpholine rings is 1. The molecule has 8 nitrogen and oxygen atoms in total. The molecule has 1 aliphatic heterocycles. The van der Waals surface area contributed by atoms with Gasteiger partial charge in [0.05, 0.1) is 19.0 Å². The maximum absolute atomic E-state index is 12.2. The number of ether oxygens (including phenoxy) is 2. The van der Waals surface area contributed by atoms with Gasteiger partial charge in [-0.15, -0.1) is 0 Å². The molecule has 1 aromatic heterocycles. The van der Waals surface area contributed by atoms with Crippen molar-refractivity contribution in [2.24, 2.45) is 0 Å². The van der Waals surface area contributed by atoms with Crippen LogP contribution in [0, 0.1) is 0 Å². The van der Waals surface area contributed by atoms with Crippen LogP contribution in [0.5, 0.6) is 5.75 Å². The summed E-state index contributed by atoms with van der Waals surface area (Å²) in [7, 11) is -3.41. The Hall–Kier alpha value is -1.88. The number of hydrogen-bond donors (Lipinski definition) is 1. The molecule has 1 N–H and O–H groups in total. The van der Waals surface area contributed by atoms with Crippen molar-refractivity contribution in [3.63, 3.8) is 0 Å². The van der Waals surface area contributed by atoms with E-state index < -0.39 is 15.9 Å². The van der Waals surface area contributed by atoms with Crippen LogP contribution in [-0.2, 0) is 21.4 Å². The standard InChI is InChI=1S/C18H21BrN2O6S/c19-14-2-1-3-15(12-14)26-13-16-4-5-17(27-16)18(22)20-6-11-28(23,24)21-7-9-25-10-8-21/h1-5,12H,6-11,13H2,(H,20,22). The number of carbonyl (C=O) groups is 1. The Morgan fingerprint density at radius 3 is 2.75 bits per heavy atom. The van der Waals surface area contributed by atoms with Crippen molar-refractivity contribution in [2.45, 2.75) is 6.61 Å². The predicted molar refractivity (Wildman–Crippen MR) is 106 cm³/mol. The maximum Gasteiger partial charge on any atom is 0.287 e. The molecule has 2 aromatic rings. The second-order valence-electron chi connectivity index (χ2n) is 6.10. The molecule has 1 aliphatic rings. The number of amides is 1. The zero-order valence-corrected chi connectivity index (χ0v) is 17.5. The van der Waals surface area contributed by atoms with Crippen LogP contribution in [-0.4, -0.2) is 57.2 Å². The van der Waals surface area contributed by atoms with Crippen molar-refractivity contribution in [2.75, 3.05) is 38.6 Å². The van der Waals surface area contributed by atoms with Crippen molar-refractivity contribution >= 4 is 31.9 Å². The number of carbonyl (C=O) groups excluding carboxylic acids is 1. The van der Waals surface area contributed by atoms with Crippen molar-refractivity contribution in [1.29, 1.82) is 0 Å². The summed E-state index contributed by atoms with van der Waals surface area (Å²) >= 11 is 3.37. The van der Waals surface area contributed by atoms with Gasteiger partial charge in [0.15, 0.2) is 5.76 Å². The minimum atomic E-state index is -3.41. The molecule has 0 bridgehead atoms. The van der Waals surface area contributed by atoms with Gasteiger partial charge in [0.1, 0.15) is 18.1 Å². The molecule has 152 valence electrons. The Bertz CT molecular complexity index is 908. The van der Waals surface area contributed by atoms with E-state index in [0.29, 0.717) is 37.8 Å². The topological polar surface area (TPSA) is 98.1 Å². The molecule has 1 fully saturated rings. The molecule has 2 heterocycles. The maximum atomic E-state index is 12.2. The van der Waals surface area contributed by atoms with Crippen molar-refractivity contribution in [3.05, 3.63) is 52.4 Å². The van der Waals surface area contributed by atoms with Crippen LogP contribution >= 0.6 is 15.9 Å². The van der Waals surface area contributed by atoms with E-state index in [0.717, 1.165) is 4.47 Å². The number of sulfonamides is 1. The lowest BCUT2D eigenvalue weighted by atomic mass is 10.3. The molecule has 0 unspecified atom stereocenters. The molecule has 0 spiro atoms. The van der Waals surface area contributed by atoms with Crippen LogP contribution < -0.4 is 10.1 Å². The molecular formula is C18H21BrN2O6S. The number of furan rings is 1. The summed E-state index contributed by atoms with van der Waals surface area (Å²) in [6.07, 6.45) is 0. The Morgan fingerprint density at radius 1 is 1.21 bits per heavy atom. The second-order valence-corrected chi connectivity index (χ2v) is 9.10. The Kier molecular flexibility index (Phi) is 7.11. The third kappa shape index (κ3) is 5.81. The lowest BCUT2D eigenvalue weighted by Gasteiger charge is -2.25. The van der Waals surface area contributed by atoms with Crippen molar-refractivity contribution in [1.82, 2.24) is 9.62 Å². The number of rotatable bonds is 8. The molecular weight excluding hydrogens is 452 g/mol. The van der Waals surface area contributed by atoms with E-state index in [-0.39, 0.29) is 24.7 Å². The predicted octanol–water partition coefficient (Wildman–Crippen LogP) is 2.01. The number of nitrogens with zero attached hydrogens (tertiary/aromatic N) is 1. The minimum absolute atomic E-state index is 0.00307. The van der Waals surface area contributed by atoms with Crippen LogP contribution in [0.1, 0.15) is 16.3 Å². The Morgan fingerprint density at radius 2 is 2.00 bits per heavy atom. The zero-order chi connectivity index (χ0) is 20.0. The normalized spacial score (nSPS) is 15.3. The van der Waals surface area contributed by atoms with E-state index in [1.807, 2.05) is 24.3 Å². The van der Waals surface area contributed by atoms with E-state index in [4.69, 9.17) is 13.9 Å². The molecule has 1 aromatic carbocycles. The highest BCUT2D eigenvalue weighted by Crippen LogP contribution is 2.19. The first-order chi connectivity index (χ1) is 13.4. The Balaban J connectivity index is 1.46. The van der Waals surface area contributed by atoms with Crippen LogP contribution in [0.3, 0.4) is 0 Å². The van der Waals surface area contributed by atoms with Gasteiger partial charge in [-0.2, -0.15) is 4.31 Å². The number of halogens is 1. The monoisotopic (exact) mass is 472 g/mol. The average molecular weight is 473 g/mol. The van der Waals surface area contributed by atoms with E-state index in [1.54, 1.807) is 6.07 Å². The van der Waals surface area contributed by atoms with Gasteiger partial charge >= 0.3 is 0 Å². The Labute approximate surface area is 172 Å². The fourth-order valence-corrected chi connectivity index (χ4v) is 4.33. The fourth-order valence-electron chi connectivity index (χ4n) is 2.62. The summed E-state index contributed by atoms with van der Waals surface area (Å²) in [4.78, 5) is 12.2. The summed E-state index contributed by atoms with van der Waals surface area (Å²) in [6.45, 7) is 1.65. The van der Waals surface area contributed by atoms with Gasteiger partial charge in [0.25, 0.3) is 5.91 Å². The lowest BCUT2D eigenvalue weighted by molar-refractivity contribution is 0.0730. The second kappa shape index (κ2) is 9.55. The first kappa shape index (κ1) is 20.8. The van der Waals surface area contributed by atoms with Gasteiger partial charge in [-0.3, -0.25) is 4.79 Å². The summed E-state index contributed by atoms with van der Waals surface area (Å²) in [5.74, 6) is 0.636. The minimum Gasteiger partial charge on any atom is -0.486 e. The molecule has 0 radical (unpaired) electrons. The van der Waals surface area contributed by atoms with Gasteiger partial charge < -0.3 is 19.2 Å². The summed E-state index contributed by atoms with van der Waals surface area (Å²) in [5, 5.41) is 2.57. The average Bonchev–Trinajstić information content (AvgIpc) is 3.16. The van der Waals surface area contributed by atoms with Gasteiger partial charge in [-0.25, -0.2) is 8.42 Å².